The van der Waals surface area contributed by atoms with Gasteiger partial charge in [-0.15, -0.1) is 0 Å². The molecule has 100 valence electrons. The van der Waals surface area contributed by atoms with E-state index in [9.17, 15) is 4.79 Å². The van der Waals surface area contributed by atoms with Gasteiger partial charge in [0.15, 0.2) is 0 Å². The van der Waals surface area contributed by atoms with Crippen LogP contribution in [0.4, 0.5) is 0 Å². The second kappa shape index (κ2) is 7.73. The van der Waals surface area contributed by atoms with E-state index >= 15 is 0 Å². The Hall–Kier alpha value is -0.530. The predicted octanol–water partition coefficient (Wildman–Crippen LogP) is 4.14. The van der Waals surface area contributed by atoms with E-state index in [4.69, 9.17) is 0 Å². The zero-order valence-electron chi connectivity index (χ0n) is 11.9. The third-order valence-electron chi connectivity index (χ3n) is 3.98. The molecule has 0 radical (unpaired) electrons. The highest BCUT2D eigenvalue weighted by Crippen LogP contribution is 2.24. The van der Waals surface area contributed by atoms with Crippen LogP contribution in [0, 0.1) is 0 Å². The molecule has 0 unspecified atom stereocenters. The molecule has 2 nitrogen and oxygen atoms in total. The van der Waals surface area contributed by atoms with Crippen molar-refractivity contribution in [3.63, 3.8) is 0 Å². The van der Waals surface area contributed by atoms with Crippen molar-refractivity contribution in [2.24, 2.45) is 0 Å². The zero-order chi connectivity index (χ0) is 12.7. The summed E-state index contributed by atoms with van der Waals surface area (Å²) < 4.78 is 0. The maximum atomic E-state index is 12.1. The van der Waals surface area contributed by atoms with Gasteiger partial charge in [0, 0.05) is 18.5 Å². The summed E-state index contributed by atoms with van der Waals surface area (Å²) in [4.78, 5) is 14.2. The molecule has 0 bridgehead atoms. The number of unbranched alkanes of at least 4 members (excludes halogenated alkanes) is 5. The number of hydrogen-bond acceptors (Lipinski definition) is 1. The number of amides is 1. The Morgan fingerprint density at radius 2 is 1.53 bits per heavy atom. The lowest BCUT2D eigenvalue weighted by Gasteiger charge is -2.26. The fourth-order valence-corrected chi connectivity index (χ4v) is 2.87. The van der Waals surface area contributed by atoms with E-state index in [-0.39, 0.29) is 0 Å². The van der Waals surface area contributed by atoms with Crippen molar-refractivity contribution in [1.82, 2.24) is 4.90 Å². The van der Waals surface area contributed by atoms with Gasteiger partial charge in [0.2, 0.25) is 5.91 Å². The van der Waals surface area contributed by atoms with Crippen molar-refractivity contribution >= 4 is 5.91 Å². The normalized spacial score (nSPS) is 24.3. The largest absolute Gasteiger partial charge is 0.337 e. The van der Waals surface area contributed by atoms with Crippen LogP contribution >= 0.6 is 0 Å². The Bertz CT molecular complexity index is 217. The molecular formula is C15H29NO. The first-order valence-corrected chi connectivity index (χ1v) is 7.48. The maximum absolute atomic E-state index is 12.1. The van der Waals surface area contributed by atoms with Gasteiger partial charge in [-0.3, -0.25) is 4.79 Å². The van der Waals surface area contributed by atoms with Crippen LogP contribution in [0.2, 0.25) is 0 Å². The van der Waals surface area contributed by atoms with E-state index in [1.54, 1.807) is 0 Å². The molecule has 0 aromatic rings. The van der Waals surface area contributed by atoms with E-state index in [2.05, 4.69) is 25.7 Å². The maximum Gasteiger partial charge on any atom is 0.223 e. The van der Waals surface area contributed by atoms with Gasteiger partial charge in [0.25, 0.3) is 0 Å². The summed E-state index contributed by atoms with van der Waals surface area (Å²) in [6.45, 7) is 6.60. The van der Waals surface area contributed by atoms with Gasteiger partial charge in [-0.1, -0.05) is 39.0 Å². The minimum atomic E-state index is 0.387. The third kappa shape index (κ3) is 4.69. The third-order valence-corrected chi connectivity index (χ3v) is 3.98. The Morgan fingerprint density at radius 3 is 2.12 bits per heavy atom. The van der Waals surface area contributed by atoms with Gasteiger partial charge < -0.3 is 4.90 Å². The van der Waals surface area contributed by atoms with E-state index in [1.807, 2.05) is 0 Å². The van der Waals surface area contributed by atoms with Crippen molar-refractivity contribution in [2.75, 3.05) is 0 Å². The second-order valence-corrected chi connectivity index (χ2v) is 5.59. The average Bonchev–Trinajstić information content (AvgIpc) is 2.63. The smallest absolute Gasteiger partial charge is 0.223 e. The fraction of sp³-hybridized carbons (Fsp3) is 0.933. The van der Waals surface area contributed by atoms with Gasteiger partial charge in [-0.2, -0.15) is 0 Å². The topological polar surface area (TPSA) is 20.3 Å². The van der Waals surface area contributed by atoms with E-state index in [1.165, 1.54) is 44.9 Å². The van der Waals surface area contributed by atoms with Crippen molar-refractivity contribution in [3.8, 4) is 0 Å². The standard InChI is InChI=1S/C15H29NO/c1-4-5-6-7-8-9-10-15(17)16-13(2)11-12-14(16)3/h13-14H,4-12H2,1-3H3/t13-,14-/m1/s1. The van der Waals surface area contributed by atoms with Crippen molar-refractivity contribution < 1.29 is 4.79 Å². The summed E-state index contributed by atoms with van der Waals surface area (Å²) in [5, 5.41) is 0. The SMILES string of the molecule is CCCCCCCCC(=O)N1[C@H](C)CC[C@H]1C. The molecule has 1 heterocycles. The van der Waals surface area contributed by atoms with Gasteiger partial charge >= 0.3 is 0 Å². The number of likely N-dealkylation sites (tertiary alicyclic amines) is 1. The molecule has 0 saturated carbocycles. The highest BCUT2D eigenvalue weighted by Gasteiger charge is 2.30. The van der Waals surface area contributed by atoms with E-state index in [0.717, 1.165) is 12.8 Å². The quantitative estimate of drug-likeness (QED) is 0.612. The number of nitrogens with zero attached hydrogens (tertiary/aromatic N) is 1. The van der Waals surface area contributed by atoms with E-state index in [0.29, 0.717) is 18.0 Å². The summed E-state index contributed by atoms with van der Waals surface area (Å²) in [6, 6.07) is 0.940. The fourth-order valence-electron chi connectivity index (χ4n) is 2.87. The number of hydrogen-bond donors (Lipinski definition) is 0. The first-order chi connectivity index (χ1) is 8.16. The van der Waals surface area contributed by atoms with Crippen molar-refractivity contribution in [1.29, 1.82) is 0 Å². The molecular weight excluding hydrogens is 210 g/mol. The molecule has 1 fully saturated rings. The van der Waals surface area contributed by atoms with Crippen LogP contribution in [0.15, 0.2) is 0 Å². The van der Waals surface area contributed by atoms with Crippen LogP contribution in [0.25, 0.3) is 0 Å². The summed E-state index contributed by atoms with van der Waals surface area (Å²) in [6.07, 6.45) is 10.7. The van der Waals surface area contributed by atoms with Crippen LogP contribution in [0.5, 0.6) is 0 Å². The second-order valence-electron chi connectivity index (χ2n) is 5.59. The predicted molar refractivity (Wildman–Crippen MR) is 73.0 cm³/mol. The summed E-state index contributed by atoms with van der Waals surface area (Å²) in [5.74, 6) is 0.387. The van der Waals surface area contributed by atoms with Crippen LogP contribution < -0.4 is 0 Å². The molecule has 0 N–H and O–H groups in total. The van der Waals surface area contributed by atoms with Crippen LogP contribution in [0.3, 0.4) is 0 Å². The molecule has 0 aliphatic carbocycles. The van der Waals surface area contributed by atoms with Gasteiger partial charge in [-0.25, -0.2) is 0 Å². The Morgan fingerprint density at radius 1 is 1.00 bits per heavy atom. The van der Waals surface area contributed by atoms with Gasteiger partial charge in [-0.05, 0) is 33.1 Å². The first-order valence-electron chi connectivity index (χ1n) is 7.48. The molecule has 0 spiro atoms. The molecule has 1 aliphatic heterocycles. The van der Waals surface area contributed by atoms with Crippen LogP contribution in [-0.4, -0.2) is 22.9 Å². The van der Waals surface area contributed by atoms with Gasteiger partial charge in [0.05, 0.1) is 0 Å². The molecule has 2 heteroatoms. The number of rotatable bonds is 7. The number of carbonyl (C=O) groups excluding carboxylic acids is 1. The molecule has 0 aromatic carbocycles. The minimum Gasteiger partial charge on any atom is -0.337 e. The monoisotopic (exact) mass is 239 g/mol. The molecule has 17 heavy (non-hydrogen) atoms. The minimum absolute atomic E-state index is 0.387. The lowest BCUT2D eigenvalue weighted by atomic mass is 10.1. The van der Waals surface area contributed by atoms with Crippen molar-refractivity contribution in [2.45, 2.75) is 90.6 Å². The molecule has 2 atom stereocenters. The van der Waals surface area contributed by atoms with Crippen molar-refractivity contribution in [3.05, 3.63) is 0 Å². The lowest BCUT2D eigenvalue weighted by molar-refractivity contribution is -0.133. The first kappa shape index (κ1) is 14.5. The highest BCUT2D eigenvalue weighted by atomic mass is 16.2. The average molecular weight is 239 g/mol. The summed E-state index contributed by atoms with van der Waals surface area (Å²) in [7, 11) is 0. The number of carbonyl (C=O) groups is 1. The van der Waals surface area contributed by atoms with Crippen LogP contribution in [0.1, 0.15) is 78.6 Å². The Labute approximate surface area is 107 Å². The lowest BCUT2D eigenvalue weighted by Crippen LogP contribution is -2.38. The van der Waals surface area contributed by atoms with E-state index < -0.39 is 0 Å². The molecule has 0 aromatic heterocycles. The highest BCUT2D eigenvalue weighted by molar-refractivity contribution is 5.77. The molecule has 1 rings (SSSR count). The summed E-state index contributed by atoms with van der Waals surface area (Å²) >= 11 is 0. The molecule has 1 saturated heterocycles. The van der Waals surface area contributed by atoms with Crippen LogP contribution in [-0.2, 0) is 4.79 Å². The molecule has 1 aliphatic rings. The zero-order valence-corrected chi connectivity index (χ0v) is 11.9. The Kier molecular flexibility index (Phi) is 6.61. The Balaban J connectivity index is 2.12. The summed E-state index contributed by atoms with van der Waals surface area (Å²) in [5.41, 5.74) is 0. The van der Waals surface area contributed by atoms with Gasteiger partial charge in [0.1, 0.15) is 0 Å². The molecule has 1 amide bonds.